The summed E-state index contributed by atoms with van der Waals surface area (Å²) in [6, 6.07) is 0. The summed E-state index contributed by atoms with van der Waals surface area (Å²) in [5.41, 5.74) is 5.01. The third kappa shape index (κ3) is 11.3. The molecule has 0 spiro atoms. The summed E-state index contributed by atoms with van der Waals surface area (Å²) in [6.45, 7) is 2.19. The molecule has 0 aliphatic heterocycles. The highest BCUT2D eigenvalue weighted by molar-refractivity contribution is 5.74. The van der Waals surface area contributed by atoms with E-state index in [4.69, 9.17) is 10.8 Å². The largest absolute Gasteiger partial charge is 0.481 e. The standard InChI is InChI=1S/C16H31NO4/c1-2-3-4-5-6-7-8-9-10-13(16(20)21)14(18)11-12-15(17)19/h13-14,18H,2-12H2,1H3,(H2,17,19)(H,20,21). The molecular formula is C16H31NO4. The van der Waals surface area contributed by atoms with Crippen LogP contribution in [0.5, 0.6) is 0 Å². The van der Waals surface area contributed by atoms with Gasteiger partial charge in [-0.2, -0.15) is 0 Å². The fraction of sp³-hybridized carbons (Fsp3) is 0.875. The normalized spacial score (nSPS) is 13.8. The van der Waals surface area contributed by atoms with Gasteiger partial charge in [-0.1, -0.05) is 58.3 Å². The molecule has 0 saturated heterocycles. The Morgan fingerprint density at radius 3 is 1.95 bits per heavy atom. The first-order valence-corrected chi connectivity index (χ1v) is 8.18. The predicted molar refractivity (Wildman–Crippen MR) is 82.8 cm³/mol. The monoisotopic (exact) mass is 301 g/mol. The molecule has 0 aromatic rings. The number of carboxylic acid groups (broad SMARTS) is 1. The lowest BCUT2D eigenvalue weighted by atomic mass is 9.92. The second-order valence-electron chi connectivity index (χ2n) is 5.78. The average molecular weight is 301 g/mol. The van der Waals surface area contributed by atoms with E-state index in [-0.39, 0.29) is 12.8 Å². The molecule has 4 N–H and O–H groups in total. The van der Waals surface area contributed by atoms with Crippen LogP contribution >= 0.6 is 0 Å². The van der Waals surface area contributed by atoms with Crippen molar-refractivity contribution in [1.29, 1.82) is 0 Å². The molecule has 0 aliphatic carbocycles. The maximum Gasteiger partial charge on any atom is 0.309 e. The molecule has 0 fully saturated rings. The summed E-state index contributed by atoms with van der Waals surface area (Å²) in [4.78, 5) is 21.8. The summed E-state index contributed by atoms with van der Waals surface area (Å²) in [7, 11) is 0. The first-order chi connectivity index (χ1) is 9.99. The van der Waals surface area contributed by atoms with Gasteiger partial charge in [-0.05, 0) is 12.8 Å². The Labute approximate surface area is 127 Å². The zero-order valence-corrected chi connectivity index (χ0v) is 13.2. The number of carboxylic acids is 1. The second kappa shape index (κ2) is 12.6. The number of carbonyl (C=O) groups is 2. The van der Waals surface area contributed by atoms with E-state index in [2.05, 4.69) is 6.92 Å². The lowest BCUT2D eigenvalue weighted by Crippen LogP contribution is -2.29. The Hall–Kier alpha value is -1.10. The molecule has 5 nitrogen and oxygen atoms in total. The van der Waals surface area contributed by atoms with E-state index in [9.17, 15) is 14.7 Å². The molecule has 0 heterocycles. The van der Waals surface area contributed by atoms with E-state index < -0.39 is 23.9 Å². The Morgan fingerprint density at radius 1 is 0.952 bits per heavy atom. The van der Waals surface area contributed by atoms with Gasteiger partial charge in [0.25, 0.3) is 0 Å². The predicted octanol–water partition coefficient (Wildman–Crippen LogP) is 2.84. The van der Waals surface area contributed by atoms with Gasteiger partial charge in [-0.3, -0.25) is 9.59 Å². The van der Waals surface area contributed by atoms with Crippen molar-refractivity contribution in [3.63, 3.8) is 0 Å². The van der Waals surface area contributed by atoms with Gasteiger partial charge in [0.05, 0.1) is 12.0 Å². The van der Waals surface area contributed by atoms with Crippen LogP contribution in [0.25, 0.3) is 0 Å². The molecule has 5 heteroatoms. The minimum Gasteiger partial charge on any atom is -0.481 e. The fourth-order valence-electron chi connectivity index (χ4n) is 2.47. The maximum absolute atomic E-state index is 11.1. The van der Waals surface area contributed by atoms with Crippen LogP contribution < -0.4 is 5.73 Å². The van der Waals surface area contributed by atoms with E-state index in [1.807, 2.05) is 0 Å². The lowest BCUT2D eigenvalue weighted by molar-refractivity contribution is -0.146. The van der Waals surface area contributed by atoms with Crippen LogP contribution in [-0.2, 0) is 9.59 Å². The number of aliphatic hydroxyl groups excluding tert-OH is 1. The highest BCUT2D eigenvalue weighted by Gasteiger charge is 2.25. The van der Waals surface area contributed by atoms with Crippen molar-refractivity contribution >= 4 is 11.9 Å². The smallest absolute Gasteiger partial charge is 0.309 e. The zero-order chi connectivity index (χ0) is 16.1. The molecule has 0 aromatic carbocycles. The van der Waals surface area contributed by atoms with Crippen LogP contribution in [0.3, 0.4) is 0 Å². The molecule has 0 saturated carbocycles. The summed E-state index contributed by atoms with van der Waals surface area (Å²) in [5.74, 6) is -2.29. The van der Waals surface area contributed by atoms with Crippen LogP contribution in [0.15, 0.2) is 0 Å². The van der Waals surface area contributed by atoms with Crippen molar-refractivity contribution in [2.24, 2.45) is 11.7 Å². The van der Waals surface area contributed by atoms with Crippen molar-refractivity contribution in [3.05, 3.63) is 0 Å². The molecule has 0 aliphatic rings. The molecule has 0 radical (unpaired) electrons. The Bertz CT molecular complexity index is 294. The van der Waals surface area contributed by atoms with Crippen molar-refractivity contribution in [2.75, 3.05) is 0 Å². The number of unbranched alkanes of at least 4 members (excludes halogenated alkanes) is 7. The molecule has 2 unspecified atom stereocenters. The van der Waals surface area contributed by atoms with Crippen LogP contribution in [0.2, 0.25) is 0 Å². The van der Waals surface area contributed by atoms with Gasteiger partial charge in [-0.15, -0.1) is 0 Å². The van der Waals surface area contributed by atoms with E-state index in [0.717, 1.165) is 19.3 Å². The average Bonchev–Trinajstić information content (AvgIpc) is 2.42. The van der Waals surface area contributed by atoms with Crippen LogP contribution in [-0.4, -0.2) is 28.2 Å². The molecule has 0 bridgehead atoms. The highest BCUT2D eigenvalue weighted by Crippen LogP contribution is 2.19. The van der Waals surface area contributed by atoms with Crippen molar-refractivity contribution < 1.29 is 19.8 Å². The number of amides is 1. The van der Waals surface area contributed by atoms with E-state index in [1.54, 1.807) is 0 Å². The minimum atomic E-state index is -0.991. The fourth-order valence-corrected chi connectivity index (χ4v) is 2.47. The molecule has 1 amide bonds. The van der Waals surface area contributed by atoms with Gasteiger partial charge in [0, 0.05) is 6.42 Å². The number of aliphatic carboxylic acids is 1. The first kappa shape index (κ1) is 19.9. The number of hydrogen-bond acceptors (Lipinski definition) is 3. The number of hydrogen-bond donors (Lipinski definition) is 3. The lowest BCUT2D eigenvalue weighted by Gasteiger charge is -2.18. The second-order valence-corrected chi connectivity index (χ2v) is 5.78. The van der Waals surface area contributed by atoms with Gasteiger partial charge in [0.1, 0.15) is 0 Å². The molecule has 0 aromatic heterocycles. The number of nitrogens with two attached hydrogens (primary N) is 1. The minimum absolute atomic E-state index is 0.0301. The molecule has 124 valence electrons. The zero-order valence-electron chi connectivity index (χ0n) is 13.2. The SMILES string of the molecule is CCCCCCCCCCC(C(=O)O)C(O)CCC(N)=O. The quantitative estimate of drug-likeness (QED) is 0.429. The summed E-state index contributed by atoms with van der Waals surface area (Å²) >= 11 is 0. The number of primary amides is 1. The number of rotatable bonds is 14. The number of carbonyl (C=O) groups excluding carboxylic acids is 1. The Kier molecular flexibility index (Phi) is 12.0. The van der Waals surface area contributed by atoms with Crippen LogP contribution in [0.4, 0.5) is 0 Å². The van der Waals surface area contributed by atoms with E-state index in [1.165, 1.54) is 32.1 Å². The summed E-state index contributed by atoms with van der Waals surface area (Å²) in [6.07, 6.45) is 8.80. The van der Waals surface area contributed by atoms with E-state index in [0.29, 0.717) is 6.42 Å². The molecule has 2 atom stereocenters. The van der Waals surface area contributed by atoms with Crippen LogP contribution in [0.1, 0.15) is 77.6 Å². The topological polar surface area (TPSA) is 101 Å². The van der Waals surface area contributed by atoms with Crippen LogP contribution in [0, 0.1) is 5.92 Å². The highest BCUT2D eigenvalue weighted by atomic mass is 16.4. The number of aliphatic hydroxyl groups is 1. The van der Waals surface area contributed by atoms with Crippen molar-refractivity contribution in [3.8, 4) is 0 Å². The summed E-state index contributed by atoms with van der Waals surface area (Å²) in [5, 5.41) is 19.0. The van der Waals surface area contributed by atoms with Gasteiger partial charge in [-0.25, -0.2) is 0 Å². The van der Waals surface area contributed by atoms with Gasteiger partial charge < -0.3 is 15.9 Å². The van der Waals surface area contributed by atoms with E-state index >= 15 is 0 Å². The van der Waals surface area contributed by atoms with Gasteiger partial charge in [0.2, 0.25) is 5.91 Å². The first-order valence-electron chi connectivity index (χ1n) is 8.18. The molecule has 0 rings (SSSR count). The Morgan fingerprint density at radius 2 is 1.48 bits per heavy atom. The summed E-state index contributed by atoms with van der Waals surface area (Å²) < 4.78 is 0. The van der Waals surface area contributed by atoms with Crippen molar-refractivity contribution in [1.82, 2.24) is 0 Å². The third-order valence-electron chi connectivity index (χ3n) is 3.84. The Balaban J connectivity index is 3.79. The van der Waals surface area contributed by atoms with Gasteiger partial charge in [0.15, 0.2) is 0 Å². The molecule has 21 heavy (non-hydrogen) atoms. The molecular weight excluding hydrogens is 270 g/mol. The maximum atomic E-state index is 11.1. The van der Waals surface area contributed by atoms with Gasteiger partial charge >= 0.3 is 5.97 Å². The third-order valence-corrected chi connectivity index (χ3v) is 3.84. The van der Waals surface area contributed by atoms with Crippen molar-refractivity contribution in [2.45, 2.75) is 83.7 Å².